The number of hydrogen-bond donors (Lipinski definition) is 0. The predicted molar refractivity (Wildman–Crippen MR) is 55.7 cm³/mol. The van der Waals surface area contributed by atoms with Gasteiger partial charge in [-0.15, -0.1) is 0 Å². The minimum Gasteiger partial charge on any atom is -0.369 e. The van der Waals surface area contributed by atoms with Crippen molar-refractivity contribution in [3.05, 3.63) is 12.3 Å². The molecule has 0 aromatic heterocycles. The second kappa shape index (κ2) is 3.64. The van der Waals surface area contributed by atoms with Crippen LogP contribution in [0.15, 0.2) is 12.3 Å². The van der Waals surface area contributed by atoms with Crippen LogP contribution in [0.5, 0.6) is 0 Å². The third-order valence-corrected chi connectivity index (χ3v) is 3.21. The molecule has 0 radical (unpaired) electrons. The molecule has 0 aliphatic carbocycles. The fourth-order valence-corrected chi connectivity index (χ4v) is 2.25. The Morgan fingerprint density at radius 1 is 1.50 bits per heavy atom. The van der Waals surface area contributed by atoms with E-state index in [1.165, 1.54) is 0 Å². The molecular formula is C11H18N2O. The summed E-state index contributed by atoms with van der Waals surface area (Å²) in [5, 5.41) is 0. The van der Waals surface area contributed by atoms with Gasteiger partial charge in [-0.3, -0.25) is 4.79 Å². The zero-order valence-corrected chi connectivity index (χ0v) is 8.94. The fourth-order valence-electron chi connectivity index (χ4n) is 2.25. The third kappa shape index (κ3) is 1.63. The quantitative estimate of drug-likeness (QED) is 0.623. The maximum atomic E-state index is 12.0. The minimum atomic E-state index is 0.0697. The molecule has 0 bridgehead atoms. The Hall–Kier alpha value is -0.990. The van der Waals surface area contributed by atoms with E-state index >= 15 is 0 Å². The lowest BCUT2D eigenvalue weighted by atomic mass is 10.2. The predicted octanol–water partition coefficient (Wildman–Crippen LogP) is 1.07. The second-order valence-electron chi connectivity index (χ2n) is 4.48. The lowest BCUT2D eigenvalue weighted by Crippen LogP contribution is -2.42. The number of carbonyl (C=O) groups is 1. The van der Waals surface area contributed by atoms with E-state index in [-0.39, 0.29) is 6.04 Å². The highest BCUT2D eigenvalue weighted by Gasteiger charge is 2.31. The van der Waals surface area contributed by atoms with E-state index in [0.717, 1.165) is 25.9 Å². The summed E-state index contributed by atoms with van der Waals surface area (Å²) in [7, 11) is 1.98. The van der Waals surface area contributed by atoms with Crippen molar-refractivity contribution >= 4 is 5.91 Å². The van der Waals surface area contributed by atoms with Gasteiger partial charge in [-0.2, -0.15) is 0 Å². The van der Waals surface area contributed by atoms with Crippen molar-refractivity contribution in [3.8, 4) is 0 Å². The zero-order chi connectivity index (χ0) is 10.1. The number of carbonyl (C=O) groups excluding carboxylic acids is 1. The van der Waals surface area contributed by atoms with Gasteiger partial charge in [0.25, 0.3) is 0 Å². The molecule has 3 heteroatoms. The van der Waals surface area contributed by atoms with Gasteiger partial charge in [0.05, 0.1) is 0 Å². The SMILES string of the molecule is C[C@@H]1CCN(C(=O)C2CC=CN2C)C1. The standard InChI is InChI=1S/C11H18N2O/c1-9-5-7-13(8-9)11(14)10-4-3-6-12(10)2/h3,6,9-10H,4-5,7-8H2,1-2H3/t9-,10?/m1/s1. The Balaban J connectivity index is 1.95. The fraction of sp³-hybridized carbons (Fsp3) is 0.727. The minimum absolute atomic E-state index is 0.0697. The van der Waals surface area contributed by atoms with Gasteiger partial charge in [-0.25, -0.2) is 0 Å². The molecule has 2 heterocycles. The molecule has 1 unspecified atom stereocenters. The Labute approximate surface area is 85.4 Å². The Morgan fingerprint density at radius 2 is 2.29 bits per heavy atom. The average Bonchev–Trinajstić information content (AvgIpc) is 2.73. The summed E-state index contributed by atoms with van der Waals surface area (Å²) in [6.07, 6.45) is 6.11. The van der Waals surface area contributed by atoms with Crippen LogP contribution in [-0.4, -0.2) is 41.9 Å². The van der Waals surface area contributed by atoms with Crippen LogP contribution in [0.25, 0.3) is 0 Å². The number of likely N-dealkylation sites (tertiary alicyclic amines) is 1. The van der Waals surface area contributed by atoms with Crippen molar-refractivity contribution in [2.24, 2.45) is 5.92 Å². The maximum Gasteiger partial charge on any atom is 0.245 e. The molecular weight excluding hydrogens is 176 g/mol. The number of hydrogen-bond acceptors (Lipinski definition) is 2. The third-order valence-electron chi connectivity index (χ3n) is 3.21. The lowest BCUT2D eigenvalue weighted by molar-refractivity contribution is -0.134. The van der Waals surface area contributed by atoms with E-state index in [2.05, 4.69) is 13.0 Å². The smallest absolute Gasteiger partial charge is 0.245 e. The largest absolute Gasteiger partial charge is 0.369 e. The van der Waals surface area contributed by atoms with E-state index in [1.54, 1.807) is 0 Å². The van der Waals surface area contributed by atoms with Crippen LogP contribution < -0.4 is 0 Å². The normalized spacial score (nSPS) is 31.6. The van der Waals surface area contributed by atoms with Gasteiger partial charge in [0.1, 0.15) is 6.04 Å². The second-order valence-corrected chi connectivity index (χ2v) is 4.48. The van der Waals surface area contributed by atoms with E-state index in [9.17, 15) is 4.79 Å². The highest BCUT2D eigenvalue weighted by molar-refractivity contribution is 5.82. The van der Waals surface area contributed by atoms with Gasteiger partial charge >= 0.3 is 0 Å². The summed E-state index contributed by atoms with van der Waals surface area (Å²) < 4.78 is 0. The molecule has 14 heavy (non-hydrogen) atoms. The van der Waals surface area contributed by atoms with Crippen LogP contribution in [0.3, 0.4) is 0 Å². The zero-order valence-electron chi connectivity index (χ0n) is 8.94. The van der Waals surface area contributed by atoms with Gasteiger partial charge in [0.2, 0.25) is 5.91 Å². The first-order valence-corrected chi connectivity index (χ1v) is 5.36. The highest BCUT2D eigenvalue weighted by Crippen LogP contribution is 2.20. The number of rotatable bonds is 1. The summed E-state index contributed by atoms with van der Waals surface area (Å²) >= 11 is 0. The van der Waals surface area contributed by atoms with Crippen molar-refractivity contribution in [2.45, 2.75) is 25.8 Å². The molecule has 2 atom stereocenters. The molecule has 2 rings (SSSR count). The van der Waals surface area contributed by atoms with Gasteiger partial charge in [-0.1, -0.05) is 13.0 Å². The Bertz CT molecular complexity index is 262. The van der Waals surface area contributed by atoms with Crippen LogP contribution >= 0.6 is 0 Å². The van der Waals surface area contributed by atoms with Crippen molar-refractivity contribution < 1.29 is 4.79 Å². The lowest BCUT2D eigenvalue weighted by Gasteiger charge is -2.25. The Morgan fingerprint density at radius 3 is 2.79 bits per heavy atom. The monoisotopic (exact) mass is 194 g/mol. The topological polar surface area (TPSA) is 23.6 Å². The van der Waals surface area contributed by atoms with Gasteiger partial charge in [0.15, 0.2) is 0 Å². The number of amides is 1. The van der Waals surface area contributed by atoms with Crippen LogP contribution in [0, 0.1) is 5.92 Å². The van der Waals surface area contributed by atoms with Gasteiger partial charge in [-0.05, 0) is 25.0 Å². The van der Waals surface area contributed by atoms with Gasteiger partial charge in [0, 0.05) is 20.1 Å². The molecule has 0 aromatic carbocycles. The van der Waals surface area contributed by atoms with Crippen LogP contribution in [0.4, 0.5) is 0 Å². The van der Waals surface area contributed by atoms with Crippen LogP contribution in [0.1, 0.15) is 19.8 Å². The molecule has 1 saturated heterocycles. The molecule has 3 nitrogen and oxygen atoms in total. The molecule has 78 valence electrons. The maximum absolute atomic E-state index is 12.0. The molecule has 1 amide bonds. The molecule has 0 aromatic rings. The summed E-state index contributed by atoms with van der Waals surface area (Å²) in [4.78, 5) is 16.1. The molecule has 0 saturated carbocycles. The first-order valence-electron chi connectivity index (χ1n) is 5.36. The first-order chi connectivity index (χ1) is 6.68. The van der Waals surface area contributed by atoms with Crippen LogP contribution in [-0.2, 0) is 4.79 Å². The van der Waals surface area contributed by atoms with E-state index < -0.39 is 0 Å². The van der Waals surface area contributed by atoms with Crippen molar-refractivity contribution in [1.82, 2.24) is 9.80 Å². The molecule has 2 aliphatic heterocycles. The summed E-state index contributed by atoms with van der Waals surface area (Å²) in [6.45, 7) is 4.11. The van der Waals surface area contributed by atoms with E-state index in [0.29, 0.717) is 11.8 Å². The van der Waals surface area contributed by atoms with Crippen molar-refractivity contribution in [2.75, 3.05) is 20.1 Å². The Kier molecular flexibility index (Phi) is 2.48. The number of nitrogens with zero attached hydrogens (tertiary/aromatic N) is 2. The highest BCUT2D eigenvalue weighted by atomic mass is 16.2. The molecule has 0 spiro atoms. The van der Waals surface area contributed by atoms with E-state index in [1.807, 2.05) is 23.0 Å². The first kappa shape index (κ1) is 9.56. The number of likely N-dealkylation sites (N-methyl/N-ethyl adjacent to an activating group) is 1. The summed E-state index contributed by atoms with van der Waals surface area (Å²) in [5.74, 6) is 0.987. The van der Waals surface area contributed by atoms with E-state index in [4.69, 9.17) is 0 Å². The average molecular weight is 194 g/mol. The molecule has 0 N–H and O–H groups in total. The summed E-state index contributed by atoms with van der Waals surface area (Å²) in [6, 6.07) is 0.0697. The van der Waals surface area contributed by atoms with Crippen molar-refractivity contribution in [1.29, 1.82) is 0 Å². The summed E-state index contributed by atoms with van der Waals surface area (Å²) in [5.41, 5.74) is 0. The molecule has 2 aliphatic rings. The van der Waals surface area contributed by atoms with Crippen molar-refractivity contribution in [3.63, 3.8) is 0 Å². The van der Waals surface area contributed by atoms with Gasteiger partial charge < -0.3 is 9.80 Å². The van der Waals surface area contributed by atoms with Crippen LogP contribution in [0.2, 0.25) is 0 Å². The molecule has 1 fully saturated rings.